The number of allylic oxidation sites excluding steroid dienone is 3. The largest absolute Gasteiger partial charge is 0.216 e. The molecule has 1 aliphatic heterocycles. The van der Waals surface area contributed by atoms with E-state index in [2.05, 4.69) is 35.8 Å². The molecule has 1 nitrogen and oxygen atoms in total. The maximum absolute atomic E-state index is 4.63. The van der Waals surface area contributed by atoms with Crippen molar-refractivity contribution in [1.82, 2.24) is 0 Å². The Kier molecular flexibility index (Phi) is 8.16. The molecule has 0 radical (unpaired) electrons. The van der Waals surface area contributed by atoms with E-state index in [1.165, 1.54) is 56.2 Å². The maximum atomic E-state index is 4.63. The summed E-state index contributed by atoms with van der Waals surface area (Å²) in [5, 5.41) is 2.08. The van der Waals surface area contributed by atoms with Crippen molar-refractivity contribution >= 4 is 17.7 Å². The van der Waals surface area contributed by atoms with Crippen LogP contribution in [-0.2, 0) is 0 Å². The maximum Gasteiger partial charge on any atom is 0.0522 e. The summed E-state index contributed by atoms with van der Waals surface area (Å²) in [5.41, 5.74) is 2.81. The fourth-order valence-corrected chi connectivity index (χ4v) is 2.53. The molecule has 2 heteroatoms. The van der Waals surface area contributed by atoms with E-state index in [-0.39, 0.29) is 0 Å². The van der Waals surface area contributed by atoms with Crippen molar-refractivity contribution in [3.8, 4) is 0 Å². The Morgan fingerprint density at radius 1 is 1.00 bits per heavy atom. The molecule has 17 heavy (non-hydrogen) atoms. The van der Waals surface area contributed by atoms with Gasteiger partial charge in [-0.3, -0.25) is 0 Å². The molecule has 0 amide bonds. The van der Waals surface area contributed by atoms with Crippen LogP contribution in [0.15, 0.2) is 27.5 Å². The Hall–Kier alpha value is -0.500. The molecule has 0 fully saturated rings. The lowest BCUT2D eigenvalue weighted by Crippen LogP contribution is -2.02. The van der Waals surface area contributed by atoms with E-state index >= 15 is 0 Å². The van der Waals surface area contributed by atoms with Gasteiger partial charge in [0.05, 0.1) is 5.71 Å². The summed E-state index contributed by atoms with van der Waals surface area (Å²) < 4.78 is 4.63. The zero-order valence-electron chi connectivity index (χ0n) is 11.2. The van der Waals surface area contributed by atoms with E-state index in [1.54, 1.807) is 11.9 Å². The van der Waals surface area contributed by atoms with Gasteiger partial charge in [0.1, 0.15) is 0 Å². The van der Waals surface area contributed by atoms with Crippen molar-refractivity contribution in [3.63, 3.8) is 0 Å². The van der Waals surface area contributed by atoms with Crippen LogP contribution in [0.3, 0.4) is 0 Å². The van der Waals surface area contributed by atoms with E-state index in [1.807, 2.05) is 0 Å². The first-order chi connectivity index (χ1) is 8.38. The third kappa shape index (κ3) is 6.11. The topological polar surface area (TPSA) is 12.4 Å². The van der Waals surface area contributed by atoms with Crippen molar-refractivity contribution < 1.29 is 0 Å². The number of nitrogens with zero attached hydrogens (tertiary/aromatic N) is 1. The first-order valence-electron chi connectivity index (χ1n) is 6.97. The molecule has 0 aromatic carbocycles. The van der Waals surface area contributed by atoms with E-state index in [4.69, 9.17) is 0 Å². The minimum Gasteiger partial charge on any atom is -0.216 e. The molecule has 1 aliphatic rings. The Morgan fingerprint density at radius 3 is 2.41 bits per heavy atom. The van der Waals surface area contributed by atoms with Gasteiger partial charge in [-0.05, 0) is 36.7 Å². The molecule has 96 valence electrons. The smallest absolute Gasteiger partial charge is 0.0522 e. The van der Waals surface area contributed by atoms with Gasteiger partial charge in [-0.2, -0.15) is 0 Å². The SMILES string of the molecule is CCCCCC1=CC=CSN=C1CCCCC. The molecular weight excluding hydrogens is 226 g/mol. The van der Waals surface area contributed by atoms with E-state index in [0.29, 0.717) is 0 Å². The predicted octanol–water partition coefficient (Wildman–Crippen LogP) is 5.69. The summed E-state index contributed by atoms with van der Waals surface area (Å²) in [6, 6.07) is 0. The van der Waals surface area contributed by atoms with Gasteiger partial charge >= 0.3 is 0 Å². The number of hydrogen-bond donors (Lipinski definition) is 0. The molecule has 0 atom stereocenters. The highest BCUT2D eigenvalue weighted by atomic mass is 32.2. The molecule has 0 unspecified atom stereocenters. The molecule has 0 aromatic heterocycles. The van der Waals surface area contributed by atoms with Crippen molar-refractivity contribution in [3.05, 3.63) is 23.1 Å². The highest BCUT2D eigenvalue weighted by Gasteiger charge is 2.08. The molecule has 0 bridgehead atoms. The minimum atomic E-state index is 1.15. The first-order valence-corrected chi connectivity index (χ1v) is 7.81. The Morgan fingerprint density at radius 2 is 1.71 bits per heavy atom. The molecule has 0 N–H and O–H groups in total. The van der Waals surface area contributed by atoms with Gasteiger partial charge in [-0.15, -0.1) is 0 Å². The molecule has 0 saturated heterocycles. The van der Waals surface area contributed by atoms with Gasteiger partial charge in [0.2, 0.25) is 0 Å². The number of unbranched alkanes of at least 4 members (excludes halogenated alkanes) is 4. The zero-order chi connectivity index (χ0) is 12.3. The first kappa shape index (κ1) is 14.6. The number of rotatable bonds is 8. The Balaban J connectivity index is 2.48. The van der Waals surface area contributed by atoms with Crippen LogP contribution in [-0.4, -0.2) is 5.71 Å². The lowest BCUT2D eigenvalue weighted by Gasteiger charge is -2.09. The zero-order valence-corrected chi connectivity index (χ0v) is 12.1. The summed E-state index contributed by atoms with van der Waals surface area (Å²) in [6.45, 7) is 4.51. The van der Waals surface area contributed by atoms with E-state index in [0.717, 1.165) is 6.42 Å². The van der Waals surface area contributed by atoms with Crippen LogP contribution in [0.25, 0.3) is 0 Å². The fraction of sp³-hybridized carbons (Fsp3) is 0.667. The minimum absolute atomic E-state index is 1.15. The molecule has 1 heterocycles. The van der Waals surface area contributed by atoms with Gasteiger partial charge in [0.25, 0.3) is 0 Å². The molecule has 0 saturated carbocycles. The third-order valence-corrected chi connectivity index (χ3v) is 3.64. The van der Waals surface area contributed by atoms with Gasteiger partial charge in [-0.1, -0.05) is 51.7 Å². The lowest BCUT2D eigenvalue weighted by molar-refractivity contribution is 0.714. The van der Waals surface area contributed by atoms with Crippen LogP contribution in [0.1, 0.15) is 65.2 Å². The predicted molar refractivity (Wildman–Crippen MR) is 80.5 cm³/mol. The highest BCUT2D eigenvalue weighted by Crippen LogP contribution is 2.21. The fourth-order valence-electron chi connectivity index (χ4n) is 1.98. The quantitative estimate of drug-likeness (QED) is 0.399. The van der Waals surface area contributed by atoms with Gasteiger partial charge in [-0.25, -0.2) is 4.40 Å². The van der Waals surface area contributed by atoms with Gasteiger partial charge in [0, 0.05) is 11.9 Å². The van der Waals surface area contributed by atoms with Crippen molar-refractivity contribution in [2.45, 2.75) is 65.2 Å². The van der Waals surface area contributed by atoms with Crippen LogP contribution < -0.4 is 0 Å². The van der Waals surface area contributed by atoms with Crippen LogP contribution >= 0.6 is 11.9 Å². The second-order valence-corrected chi connectivity index (χ2v) is 5.24. The normalized spacial score (nSPS) is 15.4. The van der Waals surface area contributed by atoms with Crippen LogP contribution in [0.5, 0.6) is 0 Å². The molecule has 1 rings (SSSR count). The van der Waals surface area contributed by atoms with Gasteiger partial charge in [0.15, 0.2) is 0 Å². The Bertz CT molecular complexity index is 289. The van der Waals surface area contributed by atoms with E-state index < -0.39 is 0 Å². The molecule has 0 spiro atoms. The average molecular weight is 251 g/mol. The van der Waals surface area contributed by atoms with Crippen LogP contribution in [0.2, 0.25) is 0 Å². The van der Waals surface area contributed by atoms with Crippen molar-refractivity contribution in [1.29, 1.82) is 0 Å². The average Bonchev–Trinajstić information content (AvgIpc) is 2.56. The summed E-state index contributed by atoms with van der Waals surface area (Å²) >= 11 is 1.58. The lowest BCUT2D eigenvalue weighted by atomic mass is 9.98. The van der Waals surface area contributed by atoms with Crippen molar-refractivity contribution in [2.75, 3.05) is 0 Å². The standard InChI is InChI=1S/C15H25NS/c1-3-5-7-10-14-11-9-13-17-16-15(14)12-8-6-4-2/h9,11,13H,3-8,10,12H2,1-2H3. The molecular formula is C15H25NS. The molecule has 0 aliphatic carbocycles. The Labute approximate surface area is 111 Å². The second-order valence-electron chi connectivity index (χ2n) is 4.58. The summed E-state index contributed by atoms with van der Waals surface area (Å²) in [5.74, 6) is 0. The third-order valence-electron chi connectivity index (χ3n) is 3.04. The highest BCUT2D eigenvalue weighted by molar-refractivity contribution is 8.01. The van der Waals surface area contributed by atoms with Crippen LogP contribution in [0, 0.1) is 0 Å². The van der Waals surface area contributed by atoms with Crippen molar-refractivity contribution in [2.24, 2.45) is 4.40 Å². The molecule has 0 aromatic rings. The van der Waals surface area contributed by atoms with Crippen LogP contribution in [0.4, 0.5) is 0 Å². The summed E-state index contributed by atoms with van der Waals surface area (Å²) in [6.07, 6.45) is 14.6. The van der Waals surface area contributed by atoms with Gasteiger partial charge < -0.3 is 0 Å². The summed E-state index contributed by atoms with van der Waals surface area (Å²) in [4.78, 5) is 0. The van der Waals surface area contributed by atoms with E-state index in [9.17, 15) is 0 Å². The summed E-state index contributed by atoms with van der Waals surface area (Å²) in [7, 11) is 0. The second kappa shape index (κ2) is 9.52. The number of hydrogen-bond acceptors (Lipinski definition) is 2. The monoisotopic (exact) mass is 251 g/mol.